The van der Waals surface area contributed by atoms with E-state index >= 15 is 0 Å². The van der Waals surface area contributed by atoms with Crippen molar-refractivity contribution in [3.05, 3.63) is 35.2 Å². The first-order chi connectivity index (χ1) is 10.4. The molecule has 2 aromatic rings. The van der Waals surface area contributed by atoms with Gasteiger partial charge in [0.2, 0.25) is 0 Å². The molecule has 22 heavy (non-hydrogen) atoms. The van der Waals surface area contributed by atoms with E-state index in [0.29, 0.717) is 17.6 Å². The van der Waals surface area contributed by atoms with Crippen molar-refractivity contribution >= 4 is 22.9 Å². The van der Waals surface area contributed by atoms with Gasteiger partial charge in [0, 0.05) is 6.54 Å². The van der Waals surface area contributed by atoms with Gasteiger partial charge in [-0.1, -0.05) is 0 Å². The summed E-state index contributed by atoms with van der Waals surface area (Å²) in [4.78, 5) is 32.5. The summed E-state index contributed by atoms with van der Waals surface area (Å²) in [6.45, 7) is 7.59. The fraction of sp³-hybridized carbons (Fsp3) is 0.375. The van der Waals surface area contributed by atoms with Crippen LogP contribution >= 0.6 is 0 Å². The van der Waals surface area contributed by atoms with Gasteiger partial charge in [0.1, 0.15) is 0 Å². The highest BCUT2D eigenvalue weighted by Crippen LogP contribution is 2.15. The maximum atomic E-state index is 12.1. The molecule has 0 saturated carbocycles. The molecule has 0 saturated heterocycles. The first kappa shape index (κ1) is 15.9. The SMILES string of the molecule is CCNC(=O)[C@@H](C)OC(=O)c1ccc2nc(C)c(C)nc2c1. The van der Waals surface area contributed by atoms with Crippen LogP contribution in [0.4, 0.5) is 0 Å². The van der Waals surface area contributed by atoms with Crippen molar-refractivity contribution in [1.29, 1.82) is 0 Å². The molecule has 1 aromatic heterocycles. The van der Waals surface area contributed by atoms with Crippen molar-refractivity contribution in [3.8, 4) is 0 Å². The lowest BCUT2D eigenvalue weighted by atomic mass is 10.2. The Bertz CT molecular complexity index is 728. The second kappa shape index (κ2) is 6.51. The van der Waals surface area contributed by atoms with E-state index in [9.17, 15) is 9.59 Å². The zero-order chi connectivity index (χ0) is 16.3. The number of amides is 1. The Hall–Kier alpha value is -2.50. The van der Waals surface area contributed by atoms with Crippen LogP contribution in [0.3, 0.4) is 0 Å². The van der Waals surface area contributed by atoms with E-state index in [4.69, 9.17) is 4.74 Å². The largest absolute Gasteiger partial charge is 0.449 e. The van der Waals surface area contributed by atoms with Crippen molar-refractivity contribution in [1.82, 2.24) is 15.3 Å². The summed E-state index contributed by atoms with van der Waals surface area (Å²) in [5.41, 5.74) is 3.36. The lowest BCUT2D eigenvalue weighted by molar-refractivity contribution is -0.128. The molecule has 0 radical (unpaired) electrons. The van der Waals surface area contributed by atoms with E-state index < -0.39 is 12.1 Å². The van der Waals surface area contributed by atoms with E-state index in [0.717, 1.165) is 16.9 Å². The number of carbonyl (C=O) groups is 2. The first-order valence-electron chi connectivity index (χ1n) is 7.16. The smallest absolute Gasteiger partial charge is 0.338 e. The topological polar surface area (TPSA) is 81.2 Å². The van der Waals surface area contributed by atoms with Crippen LogP contribution in [0.25, 0.3) is 11.0 Å². The van der Waals surface area contributed by atoms with Gasteiger partial charge in [0.05, 0.1) is 28.0 Å². The third-order valence-corrected chi connectivity index (χ3v) is 3.32. The molecule has 6 heteroatoms. The average molecular weight is 301 g/mol. The number of nitrogens with zero attached hydrogens (tertiary/aromatic N) is 2. The van der Waals surface area contributed by atoms with Gasteiger partial charge in [-0.15, -0.1) is 0 Å². The van der Waals surface area contributed by atoms with Crippen LogP contribution in [-0.2, 0) is 9.53 Å². The zero-order valence-electron chi connectivity index (χ0n) is 13.1. The molecule has 0 bridgehead atoms. The van der Waals surface area contributed by atoms with Gasteiger partial charge in [-0.05, 0) is 45.9 Å². The van der Waals surface area contributed by atoms with E-state index in [1.165, 1.54) is 6.92 Å². The van der Waals surface area contributed by atoms with Gasteiger partial charge in [0.25, 0.3) is 5.91 Å². The molecule has 1 atom stereocenters. The van der Waals surface area contributed by atoms with Crippen LogP contribution in [-0.4, -0.2) is 34.5 Å². The molecule has 1 N–H and O–H groups in total. The molecule has 1 amide bonds. The van der Waals surface area contributed by atoms with Crippen LogP contribution in [0.1, 0.15) is 35.6 Å². The number of nitrogens with one attached hydrogen (secondary N) is 1. The first-order valence-corrected chi connectivity index (χ1v) is 7.16. The number of hydrogen-bond donors (Lipinski definition) is 1. The van der Waals surface area contributed by atoms with Gasteiger partial charge in [-0.25, -0.2) is 14.8 Å². The third kappa shape index (κ3) is 3.39. The molecule has 0 fully saturated rings. The van der Waals surface area contributed by atoms with Crippen LogP contribution in [0.2, 0.25) is 0 Å². The molecular weight excluding hydrogens is 282 g/mol. The molecular formula is C16H19N3O3. The van der Waals surface area contributed by atoms with Crippen molar-refractivity contribution in [2.75, 3.05) is 6.54 Å². The molecule has 116 valence electrons. The number of ether oxygens (including phenoxy) is 1. The van der Waals surface area contributed by atoms with E-state index in [1.54, 1.807) is 25.1 Å². The van der Waals surface area contributed by atoms with Crippen LogP contribution < -0.4 is 5.32 Å². The van der Waals surface area contributed by atoms with Gasteiger partial charge in [-0.3, -0.25) is 4.79 Å². The Morgan fingerprint density at radius 1 is 1.18 bits per heavy atom. The molecule has 0 aliphatic rings. The van der Waals surface area contributed by atoms with E-state index in [2.05, 4.69) is 15.3 Å². The number of esters is 1. The normalized spacial score (nSPS) is 12.0. The van der Waals surface area contributed by atoms with Crippen LogP contribution in [0.15, 0.2) is 18.2 Å². The molecule has 0 aliphatic heterocycles. The highest BCUT2D eigenvalue weighted by atomic mass is 16.5. The summed E-state index contributed by atoms with van der Waals surface area (Å²) in [6, 6.07) is 4.97. The summed E-state index contributed by atoms with van der Waals surface area (Å²) >= 11 is 0. The Morgan fingerprint density at radius 2 is 1.82 bits per heavy atom. The minimum Gasteiger partial charge on any atom is -0.449 e. The molecule has 0 aliphatic carbocycles. The number of aromatic nitrogens is 2. The highest BCUT2D eigenvalue weighted by Gasteiger charge is 2.18. The number of fused-ring (bicyclic) bond motifs is 1. The summed E-state index contributed by atoms with van der Waals surface area (Å²) in [6.07, 6.45) is -0.839. The van der Waals surface area contributed by atoms with E-state index in [-0.39, 0.29) is 5.91 Å². The monoisotopic (exact) mass is 301 g/mol. The molecule has 0 unspecified atom stereocenters. The Balaban J connectivity index is 2.21. The van der Waals surface area contributed by atoms with Crippen molar-refractivity contribution < 1.29 is 14.3 Å². The second-order valence-corrected chi connectivity index (χ2v) is 5.04. The molecule has 2 rings (SSSR count). The summed E-state index contributed by atoms with van der Waals surface area (Å²) in [5.74, 6) is -0.872. The summed E-state index contributed by atoms with van der Waals surface area (Å²) in [7, 11) is 0. The van der Waals surface area contributed by atoms with Crippen LogP contribution in [0, 0.1) is 13.8 Å². The third-order valence-electron chi connectivity index (χ3n) is 3.32. The molecule has 1 aromatic carbocycles. The lowest BCUT2D eigenvalue weighted by Gasteiger charge is -2.12. The average Bonchev–Trinajstić information content (AvgIpc) is 2.48. The lowest BCUT2D eigenvalue weighted by Crippen LogP contribution is -2.35. The van der Waals surface area contributed by atoms with Gasteiger partial charge in [-0.2, -0.15) is 0 Å². The Kier molecular flexibility index (Phi) is 4.70. The predicted molar refractivity (Wildman–Crippen MR) is 82.6 cm³/mol. The fourth-order valence-corrected chi connectivity index (χ4v) is 1.96. The quantitative estimate of drug-likeness (QED) is 0.873. The van der Waals surface area contributed by atoms with Gasteiger partial charge < -0.3 is 10.1 Å². The number of benzene rings is 1. The maximum Gasteiger partial charge on any atom is 0.338 e. The van der Waals surface area contributed by atoms with Crippen molar-refractivity contribution in [2.24, 2.45) is 0 Å². The van der Waals surface area contributed by atoms with Crippen molar-refractivity contribution in [3.63, 3.8) is 0 Å². The number of likely N-dealkylation sites (N-methyl/N-ethyl adjacent to an activating group) is 1. The molecule has 6 nitrogen and oxygen atoms in total. The minimum absolute atomic E-state index is 0.317. The number of rotatable bonds is 4. The number of carbonyl (C=O) groups excluding carboxylic acids is 2. The predicted octanol–water partition coefficient (Wildman–Crippen LogP) is 1.93. The number of hydrogen-bond acceptors (Lipinski definition) is 5. The van der Waals surface area contributed by atoms with Gasteiger partial charge in [0.15, 0.2) is 6.10 Å². The zero-order valence-corrected chi connectivity index (χ0v) is 13.1. The van der Waals surface area contributed by atoms with Crippen molar-refractivity contribution in [2.45, 2.75) is 33.8 Å². The Morgan fingerprint density at radius 3 is 2.45 bits per heavy atom. The van der Waals surface area contributed by atoms with E-state index in [1.807, 2.05) is 13.8 Å². The second-order valence-electron chi connectivity index (χ2n) is 5.04. The standard InChI is InChI=1S/C16H19N3O3/c1-5-17-15(20)11(4)22-16(21)12-6-7-13-14(8-12)19-10(3)9(2)18-13/h6-8,11H,5H2,1-4H3,(H,17,20)/t11-/m1/s1. The molecule has 1 heterocycles. The number of aryl methyl sites for hydroxylation is 2. The Labute approximate surface area is 128 Å². The highest BCUT2D eigenvalue weighted by molar-refractivity contribution is 5.95. The summed E-state index contributed by atoms with van der Waals surface area (Å²) in [5, 5.41) is 2.61. The van der Waals surface area contributed by atoms with Gasteiger partial charge >= 0.3 is 5.97 Å². The summed E-state index contributed by atoms with van der Waals surface area (Å²) < 4.78 is 5.15. The fourth-order valence-electron chi connectivity index (χ4n) is 1.96. The minimum atomic E-state index is -0.839. The molecule has 0 spiro atoms. The maximum absolute atomic E-state index is 12.1. The van der Waals surface area contributed by atoms with Crippen LogP contribution in [0.5, 0.6) is 0 Å².